The van der Waals surface area contributed by atoms with Gasteiger partial charge in [0.25, 0.3) is 5.91 Å². The van der Waals surface area contributed by atoms with Gasteiger partial charge < -0.3 is 15.3 Å². The van der Waals surface area contributed by atoms with Gasteiger partial charge in [-0.2, -0.15) is 0 Å². The molecule has 0 spiro atoms. The Morgan fingerprint density at radius 3 is 2.45 bits per heavy atom. The minimum atomic E-state index is -0.428. The van der Waals surface area contributed by atoms with Gasteiger partial charge in [-0.05, 0) is 43.0 Å². The quantitative estimate of drug-likeness (QED) is 0.856. The maximum atomic E-state index is 12.2. The summed E-state index contributed by atoms with van der Waals surface area (Å²) in [6.45, 7) is 1.79. The lowest BCUT2D eigenvalue weighted by molar-refractivity contribution is -0.114. The lowest BCUT2D eigenvalue weighted by Gasteiger charge is -2.20. The Kier molecular flexibility index (Phi) is 4.39. The number of aliphatic hydroxyl groups is 1. The molecule has 2 rings (SSSR count). The number of rotatable bonds is 5. The van der Waals surface area contributed by atoms with Crippen LogP contribution in [-0.2, 0) is 4.79 Å². The third-order valence-electron chi connectivity index (χ3n) is 3.43. The normalized spacial score (nSPS) is 15.6. The van der Waals surface area contributed by atoms with Crippen molar-refractivity contribution >= 4 is 17.5 Å². The van der Waals surface area contributed by atoms with E-state index in [1.54, 1.807) is 31.3 Å². The number of nitrogens with zero attached hydrogens (tertiary/aromatic N) is 1. The maximum absolute atomic E-state index is 12.2. The molecule has 1 saturated carbocycles. The first-order valence-electron chi connectivity index (χ1n) is 6.78. The van der Waals surface area contributed by atoms with Gasteiger partial charge >= 0.3 is 0 Å². The van der Waals surface area contributed by atoms with Crippen molar-refractivity contribution in [2.24, 2.45) is 5.92 Å². The highest BCUT2D eigenvalue weighted by Gasteiger charge is 2.31. The minimum Gasteiger partial charge on any atom is -0.391 e. The van der Waals surface area contributed by atoms with Crippen molar-refractivity contribution in [2.75, 3.05) is 18.9 Å². The van der Waals surface area contributed by atoms with Gasteiger partial charge in [0.15, 0.2) is 0 Å². The number of amides is 2. The van der Waals surface area contributed by atoms with Crippen molar-refractivity contribution in [1.29, 1.82) is 0 Å². The van der Waals surface area contributed by atoms with Crippen LogP contribution in [0.15, 0.2) is 24.3 Å². The van der Waals surface area contributed by atoms with Gasteiger partial charge in [-0.3, -0.25) is 9.59 Å². The van der Waals surface area contributed by atoms with E-state index in [4.69, 9.17) is 0 Å². The van der Waals surface area contributed by atoms with Crippen molar-refractivity contribution in [2.45, 2.75) is 25.9 Å². The molecule has 2 N–H and O–H groups in total. The number of benzene rings is 1. The van der Waals surface area contributed by atoms with Gasteiger partial charge in [0.2, 0.25) is 5.91 Å². The van der Waals surface area contributed by atoms with Crippen LogP contribution in [0.25, 0.3) is 0 Å². The summed E-state index contributed by atoms with van der Waals surface area (Å²) < 4.78 is 0. The summed E-state index contributed by atoms with van der Waals surface area (Å²) in [6.07, 6.45) is 1.67. The molecule has 1 atom stereocenters. The molecule has 5 heteroatoms. The Bertz CT molecular complexity index is 494. The average molecular weight is 276 g/mol. The molecule has 0 aliphatic heterocycles. The Balaban J connectivity index is 1.95. The molecule has 2 amide bonds. The summed E-state index contributed by atoms with van der Waals surface area (Å²) in [5.41, 5.74) is 1.21. The number of nitrogens with one attached hydrogen (secondary N) is 1. The second kappa shape index (κ2) is 6.05. The summed E-state index contributed by atoms with van der Waals surface area (Å²) in [6, 6.07) is 6.74. The van der Waals surface area contributed by atoms with Crippen LogP contribution in [0.5, 0.6) is 0 Å². The molecule has 1 aromatic rings. The fourth-order valence-corrected chi connectivity index (χ4v) is 2.11. The standard InChI is InChI=1S/C15H20N2O3/c1-10(18)16-13-7-5-12(6-8-13)15(20)17(2)9-14(19)11-3-4-11/h5-8,11,14,19H,3-4,9H2,1-2H3,(H,16,18)/t14-/m1/s1. The molecule has 1 aliphatic carbocycles. The predicted octanol–water partition coefficient (Wildman–Crippen LogP) is 1.49. The first-order chi connectivity index (χ1) is 9.47. The fourth-order valence-electron chi connectivity index (χ4n) is 2.11. The van der Waals surface area contributed by atoms with Crippen molar-refractivity contribution in [3.05, 3.63) is 29.8 Å². The van der Waals surface area contributed by atoms with Crippen LogP contribution < -0.4 is 5.32 Å². The zero-order valence-corrected chi connectivity index (χ0v) is 11.8. The van der Waals surface area contributed by atoms with Crippen LogP contribution >= 0.6 is 0 Å². The van der Waals surface area contributed by atoms with Crippen molar-refractivity contribution in [3.8, 4) is 0 Å². The first-order valence-corrected chi connectivity index (χ1v) is 6.78. The molecule has 0 aromatic heterocycles. The lowest BCUT2D eigenvalue weighted by atomic mass is 10.1. The average Bonchev–Trinajstić information content (AvgIpc) is 3.22. The highest BCUT2D eigenvalue weighted by atomic mass is 16.3. The third-order valence-corrected chi connectivity index (χ3v) is 3.43. The summed E-state index contributed by atoms with van der Waals surface area (Å²) in [4.78, 5) is 24.6. The van der Waals surface area contributed by atoms with Crippen molar-refractivity contribution < 1.29 is 14.7 Å². The number of carbonyl (C=O) groups is 2. The molecule has 0 unspecified atom stereocenters. The monoisotopic (exact) mass is 276 g/mol. The molecule has 1 aromatic carbocycles. The molecule has 1 aliphatic rings. The van der Waals surface area contributed by atoms with E-state index >= 15 is 0 Å². The summed E-state index contributed by atoms with van der Waals surface area (Å²) >= 11 is 0. The molecular weight excluding hydrogens is 256 g/mol. The zero-order chi connectivity index (χ0) is 14.7. The van der Waals surface area contributed by atoms with E-state index in [0.717, 1.165) is 12.8 Å². The SMILES string of the molecule is CC(=O)Nc1ccc(C(=O)N(C)C[C@@H](O)C2CC2)cc1. The number of hydrogen-bond acceptors (Lipinski definition) is 3. The molecule has 20 heavy (non-hydrogen) atoms. The van der Waals surface area contributed by atoms with Crippen LogP contribution in [0.3, 0.4) is 0 Å². The van der Waals surface area contributed by atoms with E-state index in [2.05, 4.69) is 5.32 Å². The number of carbonyl (C=O) groups excluding carboxylic acids is 2. The minimum absolute atomic E-state index is 0.126. The Labute approximate surface area is 118 Å². The van der Waals surface area contributed by atoms with Gasteiger partial charge in [-0.25, -0.2) is 0 Å². The predicted molar refractivity (Wildman–Crippen MR) is 76.4 cm³/mol. The van der Waals surface area contributed by atoms with Crippen molar-refractivity contribution in [3.63, 3.8) is 0 Å². The van der Waals surface area contributed by atoms with E-state index in [9.17, 15) is 14.7 Å². The van der Waals surface area contributed by atoms with Gasteiger partial charge in [0.05, 0.1) is 6.10 Å². The van der Waals surface area contributed by atoms with E-state index in [1.165, 1.54) is 11.8 Å². The summed E-state index contributed by atoms with van der Waals surface area (Å²) in [7, 11) is 1.69. The Hall–Kier alpha value is -1.88. The fraction of sp³-hybridized carbons (Fsp3) is 0.467. The molecular formula is C15H20N2O3. The topological polar surface area (TPSA) is 69.6 Å². The van der Waals surface area contributed by atoms with E-state index in [-0.39, 0.29) is 11.8 Å². The van der Waals surface area contributed by atoms with E-state index in [1.807, 2.05) is 0 Å². The molecule has 108 valence electrons. The van der Waals surface area contributed by atoms with Gasteiger partial charge in [-0.1, -0.05) is 0 Å². The van der Waals surface area contributed by atoms with Crippen LogP contribution in [0.4, 0.5) is 5.69 Å². The Morgan fingerprint density at radius 2 is 1.95 bits per heavy atom. The van der Waals surface area contributed by atoms with E-state index in [0.29, 0.717) is 23.7 Å². The smallest absolute Gasteiger partial charge is 0.253 e. The summed E-state index contributed by atoms with van der Waals surface area (Å²) in [5.74, 6) is 0.0835. The van der Waals surface area contributed by atoms with Crippen LogP contribution in [0.1, 0.15) is 30.1 Å². The number of aliphatic hydroxyl groups excluding tert-OH is 1. The molecule has 0 saturated heterocycles. The second-order valence-corrected chi connectivity index (χ2v) is 5.35. The zero-order valence-electron chi connectivity index (χ0n) is 11.8. The van der Waals surface area contributed by atoms with Crippen LogP contribution in [0, 0.1) is 5.92 Å². The van der Waals surface area contributed by atoms with Gasteiger partial charge in [0.1, 0.15) is 0 Å². The highest BCUT2D eigenvalue weighted by molar-refractivity contribution is 5.95. The number of hydrogen-bond donors (Lipinski definition) is 2. The maximum Gasteiger partial charge on any atom is 0.253 e. The van der Waals surface area contributed by atoms with Gasteiger partial charge in [0, 0.05) is 31.8 Å². The summed E-state index contributed by atoms with van der Waals surface area (Å²) in [5, 5.41) is 12.5. The van der Waals surface area contributed by atoms with Crippen LogP contribution in [0.2, 0.25) is 0 Å². The molecule has 0 radical (unpaired) electrons. The molecule has 0 heterocycles. The molecule has 1 fully saturated rings. The van der Waals surface area contributed by atoms with Crippen LogP contribution in [-0.4, -0.2) is 41.5 Å². The van der Waals surface area contributed by atoms with Gasteiger partial charge in [-0.15, -0.1) is 0 Å². The molecule has 0 bridgehead atoms. The Morgan fingerprint density at radius 1 is 1.35 bits per heavy atom. The van der Waals surface area contributed by atoms with E-state index < -0.39 is 6.10 Å². The highest BCUT2D eigenvalue weighted by Crippen LogP contribution is 2.32. The largest absolute Gasteiger partial charge is 0.391 e. The lowest BCUT2D eigenvalue weighted by Crippen LogP contribution is -2.35. The second-order valence-electron chi connectivity index (χ2n) is 5.35. The first kappa shape index (κ1) is 14.5. The number of anilines is 1. The van der Waals surface area contributed by atoms with Crippen molar-refractivity contribution in [1.82, 2.24) is 4.90 Å². The third kappa shape index (κ3) is 3.81. The molecule has 5 nitrogen and oxygen atoms in total. The number of likely N-dealkylation sites (N-methyl/N-ethyl adjacent to an activating group) is 1.